The second-order valence-electron chi connectivity index (χ2n) is 6.72. The Hall–Kier alpha value is -1.13. The summed E-state index contributed by atoms with van der Waals surface area (Å²) in [5.41, 5.74) is 1.91. The maximum absolute atomic E-state index is 6.44. The van der Waals surface area contributed by atoms with Gasteiger partial charge >= 0.3 is 0 Å². The lowest BCUT2D eigenvalue weighted by molar-refractivity contribution is 0.284. The van der Waals surface area contributed by atoms with Crippen molar-refractivity contribution in [2.24, 2.45) is 0 Å². The van der Waals surface area contributed by atoms with Crippen molar-refractivity contribution in [3.8, 4) is 11.5 Å². The van der Waals surface area contributed by atoms with Crippen LogP contribution in [0, 0.1) is 0 Å². The number of ether oxygens (including phenoxy) is 2. The zero-order chi connectivity index (χ0) is 19.3. The molecular formula is C20H24Cl3NO2. The molecule has 2 rings (SSSR count). The van der Waals surface area contributed by atoms with Gasteiger partial charge in [-0.3, -0.25) is 0 Å². The lowest BCUT2D eigenvalue weighted by Crippen LogP contribution is -2.37. The smallest absolute Gasteiger partial charge is 0.180 e. The Bertz CT molecular complexity index is 763. The highest BCUT2D eigenvalue weighted by atomic mass is 35.5. The maximum atomic E-state index is 6.44. The second-order valence-corrected chi connectivity index (χ2v) is 7.98. The molecule has 0 heterocycles. The number of methoxy groups -OCH3 is 1. The van der Waals surface area contributed by atoms with E-state index in [1.54, 1.807) is 19.2 Å². The highest BCUT2D eigenvalue weighted by molar-refractivity contribution is 6.35. The van der Waals surface area contributed by atoms with E-state index < -0.39 is 0 Å². The Morgan fingerprint density at radius 2 is 1.77 bits per heavy atom. The first-order chi connectivity index (χ1) is 12.3. The minimum absolute atomic E-state index is 0.0558. The van der Waals surface area contributed by atoms with Crippen molar-refractivity contribution >= 4 is 34.8 Å². The summed E-state index contributed by atoms with van der Waals surface area (Å²) >= 11 is 18.6. The van der Waals surface area contributed by atoms with Crippen molar-refractivity contribution in [2.75, 3.05) is 7.11 Å². The number of rotatable bonds is 8. The molecule has 2 aromatic carbocycles. The third kappa shape index (κ3) is 5.68. The lowest BCUT2D eigenvalue weighted by atomic mass is 10.0. The van der Waals surface area contributed by atoms with Crippen LogP contribution in [0.15, 0.2) is 30.3 Å². The van der Waals surface area contributed by atoms with E-state index in [1.807, 2.05) is 18.2 Å². The van der Waals surface area contributed by atoms with Crippen LogP contribution in [0.2, 0.25) is 15.1 Å². The molecule has 0 aliphatic heterocycles. The van der Waals surface area contributed by atoms with Gasteiger partial charge in [-0.1, -0.05) is 47.8 Å². The summed E-state index contributed by atoms with van der Waals surface area (Å²) in [5.74, 6) is 1.09. The Labute approximate surface area is 170 Å². The summed E-state index contributed by atoms with van der Waals surface area (Å²) in [4.78, 5) is 0. The molecule has 0 radical (unpaired) electrons. The molecule has 0 bridgehead atoms. The largest absolute Gasteiger partial charge is 0.493 e. The van der Waals surface area contributed by atoms with E-state index in [2.05, 4.69) is 26.1 Å². The average molecular weight is 417 g/mol. The van der Waals surface area contributed by atoms with Gasteiger partial charge in [-0.25, -0.2) is 0 Å². The predicted molar refractivity (Wildman–Crippen MR) is 110 cm³/mol. The van der Waals surface area contributed by atoms with Crippen molar-refractivity contribution in [1.29, 1.82) is 0 Å². The fourth-order valence-corrected chi connectivity index (χ4v) is 3.02. The standard InChI is InChI=1S/C20H24Cl3NO2/c1-5-20(2,3)24-11-13-8-17(23)19(18(9-13)25-4)26-12-14-6-7-15(21)10-16(14)22/h6-10,24H,5,11-12H2,1-4H3. The topological polar surface area (TPSA) is 30.5 Å². The van der Waals surface area contributed by atoms with Gasteiger partial charge in [-0.2, -0.15) is 0 Å². The Morgan fingerprint density at radius 3 is 2.38 bits per heavy atom. The Morgan fingerprint density at radius 1 is 1.04 bits per heavy atom. The molecule has 0 amide bonds. The predicted octanol–water partition coefficient (Wildman–Crippen LogP) is 6.51. The fraction of sp³-hybridized carbons (Fsp3) is 0.400. The SMILES string of the molecule is CCC(C)(C)NCc1cc(Cl)c(OCc2ccc(Cl)cc2Cl)c(OC)c1. The molecule has 0 aromatic heterocycles. The van der Waals surface area contributed by atoms with E-state index in [-0.39, 0.29) is 12.1 Å². The molecule has 26 heavy (non-hydrogen) atoms. The number of halogens is 3. The number of nitrogens with one attached hydrogen (secondary N) is 1. The van der Waals surface area contributed by atoms with Crippen LogP contribution in [-0.4, -0.2) is 12.6 Å². The van der Waals surface area contributed by atoms with Crippen molar-refractivity contribution in [3.05, 3.63) is 56.5 Å². The molecule has 142 valence electrons. The van der Waals surface area contributed by atoms with Gasteiger partial charge in [0, 0.05) is 27.7 Å². The van der Waals surface area contributed by atoms with Crippen LogP contribution in [-0.2, 0) is 13.2 Å². The van der Waals surface area contributed by atoms with Crippen LogP contribution in [0.4, 0.5) is 0 Å². The monoisotopic (exact) mass is 415 g/mol. The molecule has 6 heteroatoms. The van der Waals surface area contributed by atoms with Gasteiger partial charge < -0.3 is 14.8 Å². The molecule has 1 N–H and O–H groups in total. The summed E-state index contributed by atoms with van der Waals surface area (Å²) < 4.78 is 11.4. The Balaban J connectivity index is 2.15. The highest BCUT2D eigenvalue weighted by Crippen LogP contribution is 2.37. The van der Waals surface area contributed by atoms with E-state index in [1.165, 1.54) is 0 Å². The average Bonchev–Trinajstić information content (AvgIpc) is 2.60. The first-order valence-corrected chi connectivity index (χ1v) is 9.57. The van der Waals surface area contributed by atoms with Gasteiger partial charge in [0.05, 0.1) is 12.1 Å². The van der Waals surface area contributed by atoms with Crippen LogP contribution in [0.3, 0.4) is 0 Å². The summed E-state index contributed by atoms with van der Waals surface area (Å²) in [6, 6.07) is 9.11. The van der Waals surface area contributed by atoms with Crippen LogP contribution in [0.1, 0.15) is 38.3 Å². The van der Waals surface area contributed by atoms with E-state index in [9.17, 15) is 0 Å². The molecule has 0 aliphatic carbocycles. The number of benzene rings is 2. The quantitative estimate of drug-likeness (QED) is 0.532. The van der Waals surface area contributed by atoms with Crippen molar-refractivity contribution in [1.82, 2.24) is 5.32 Å². The number of hydrogen-bond donors (Lipinski definition) is 1. The third-order valence-electron chi connectivity index (χ3n) is 4.33. The molecule has 0 aliphatic rings. The minimum atomic E-state index is 0.0558. The van der Waals surface area contributed by atoms with Crippen molar-refractivity contribution in [3.63, 3.8) is 0 Å². The van der Waals surface area contributed by atoms with Crippen molar-refractivity contribution < 1.29 is 9.47 Å². The molecule has 0 spiro atoms. The summed E-state index contributed by atoms with van der Waals surface area (Å²) in [6.07, 6.45) is 1.03. The molecule has 0 unspecified atom stereocenters. The van der Waals surface area contributed by atoms with Gasteiger partial charge in [0.15, 0.2) is 11.5 Å². The summed E-state index contributed by atoms with van der Waals surface area (Å²) in [6.45, 7) is 7.45. The number of hydrogen-bond acceptors (Lipinski definition) is 3. The molecular weight excluding hydrogens is 393 g/mol. The molecule has 0 fully saturated rings. The first kappa shape index (κ1) is 21.2. The van der Waals surface area contributed by atoms with E-state index in [0.717, 1.165) is 17.5 Å². The summed E-state index contributed by atoms with van der Waals surface area (Å²) in [5, 5.41) is 5.14. The van der Waals surface area contributed by atoms with Gasteiger partial charge in [-0.15, -0.1) is 0 Å². The van der Waals surface area contributed by atoms with E-state index in [0.29, 0.717) is 33.1 Å². The van der Waals surface area contributed by atoms with Crippen molar-refractivity contribution in [2.45, 2.75) is 45.9 Å². The molecule has 0 saturated heterocycles. The zero-order valence-electron chi connectivity index (χ0n) is 15.5. The van der Waals surface area contributed by atoms with Gasteiger partial charge in [0.25, 0.3) is 0 Å². The van der Waals surface area contributed by atoms with Crippen LogP contribution < -0.4 is 14.8 Å². The van der Waals surface area contributed by atoms with E-state index >= 15 is 0 Å². The fourth-order valence-electron chi connectivity index (χ4n) is 2.27. The second kappa shape index (κ2) is 9.18. The lowest BCUT2D eigenvalue weighted by Gasteiger charge is -2.25. The summed E-state index contributed by atoms with van der Waals surface area (Å²) in [7, 11) is 1.60. The molecule has 2 aromatic rings. The Kier molecular flexibility index (Phi) is 7.48. The zero-order valence-corrected chi connectivity index (χ0v) is 17.7. The molecule has 0 atom stereocenters. The molecule has 0 saturated carbocycles. The first-order valence-electron chi connectivity index (χ1n) is 8.44. The van der Waals surface area contributed by atoms with Gasteiger partial charge in [0.1, 0.15) is 6.61 Å². The maximum Gasteiger partial charge on any atom is 0.180 e. The van der Waals surface area contributed by atoms with Crippen LogP contribution in [0.5, 0.6) is 11.5 Å². The van der Waals surface area contributed by atoms with Gasteiger partial charge in [-0.05, 0) is 50.1 Å². The minimum Gasteiger partial charge on any atom is -0.493 e. The third-order valence-corrected chi connectivity index (χ3v) is 5.20. The van der Waals surface area contributed by atoms with E-state index in [4.69, 9.17) is 44.3 Å². The molecule has 3 nitrogen and oxygen atoms in total. The normalized spacial score (nSPS) is 11.5. The van der Waals surface area contributed by atoms with Crippen LogP contribution in [0.25, 0.3) is 0 Å². The van der Waals surface area contributed by atoms with Crippen LogP contribution >= 0.6 is 34.8 Å². The highest BCUT2D eigenvalue weighted by Gasteiger charge is 2.16. The van der Waals surface area contributed by atoms with Gasteiger partial charge in [0.2, 0.25) is 0 Å².